The molecule has 3 nitrogen and oxygen atoms in total. The minimum absolute atomic E-state index is 0.267. The summed E-state index contributed by atoms with van der Waals surface area (Å²) in [6.45, 7) is 0. The van der Waals surface area contributed by atoms with Crippen molar-refractivity contribution < 1.29 is 9.13 Å². The fourth-order valence-corrected chi connectivity index (χ4v) is 2.28. The number of pyridine rings is 1. The lowest BCUT2D eigenvalue weighted by molar-refractivity contribution is 0.411. The molecule has 0 bridgehead atoms. The van der Waals surface area contributed by atoms with Crippen LogP contribution < -0.4 is 10.1 Å². The van der Waals surface area contributed by atoms with Gasteiger partial charge in [0.2, 0.25) is 0 Å². The van der Waals surface area contributed by atoms with Crippen LogP contribution in [0.4, 0.5) is 4.39 Å². The number of rotatable bonds is 4. The van der Waals surface area contributed by atoms with Crippen molar-refractivity contribution >= 4 is 15.9 Å². The zero-order valence-corrected chi connectivity index (χ0v) is 12.2. The lowest BCUT2D eigenvalue weighted by Crippen LogP contribution is -2.19. The summed E-state index contributed by atoms with van der Waals surface area (Å²) in [5.74, 6) is 0.381. The number of methoxy groups -OCH3 is 1. The van der Waals surface area contributed by atoms with Gasteiger partial charge in [-0.05, 0) is 30.8 Å². The Bertz CT molecular complexity index is 577. The van der Waals surface area contributed by atoms with Crippen LogP contribution in [-0.2, 0) is 0 Å². The Morgan fingerprint density at radius 2 is 2.11 bits per heavy atom. The average molecular weight is 325 g/mol. The summed E-state index contributed by atoms with van der Waals surface area (Å²) < 4.78 is 19.9. The number of halogens is 2. The molecule has 2 rings (SSSR count). The molecule has 0 aliphatic rings. The van der Waals surface area contributed by atoms with Gasteiger partial charge in [-0.1, -0.05) is 22.0 Å². The first-order valence-electron chi connectivity index (χ1n) is 5.77. The summed E-state index contributed by atoms with van der Waals surface area (Å²) in [5, 5.41) is 3.10. The van der Waals surface area contributed by atoms with Crippen LogP contribution in [0.3, 0.4) is 0 Å². The molecule has 2 aromatic rings. The number of hydrogen-bond donors (Lipinski definition) is 1. The van der Waals surface area contributed by atoms with Gasteiger partial charge in [0, 0.05) is 16.2 Å². The number of benzene rings is 1. The zero-order chi connectivity index (χ0) is 13.8. The smallest absolute Gasteiger partial charge is 0.137 e. The molecule has 1 unspecified atom stereocenters. The second-order valence-corrected chi connectivity index (χ2v) is 4.96. The van der Waals surface area contributed by atoms with Crippen LogP contribution >= 0.6 is 15.9 Å². The molecule has 0 aliphatic heterocycles. The van der Waals surface area contributed by atoms with E-state index in [9.17, 15) is 4.39 Å². The van der Waals surface area contributed by atoms with Crippen molar-refractivity contribution in [2.75, 3.05) is 14.2 Å². The standard InChI is InChI=1S/C14H14BrFN2O/c1-17-14(9-5-11(19-2)8-18-7-9)12-4-3-10(15)6-13(12)16/h3-8,14,17H,1-2H3. The molecule has 0 spiro atoms. The number of ether oxygens (including phenoxy) is 1. The van der Waals surface area contributed by atoms with Gasteiger partial charge in [-0.15, -0.1) is 0 Å². The molecule has 100 valence electrons. The molecule has 19 heavy (non-hydrogen) atoms. The van der Waals surface area contributed by atoms with E-state index in [4.69, 9.17) is 4.74 Å². The molecule has 1 aromatic heterocycles. The second kappa shape index (κ2) is 6.12. The van der Waals surface area contributed by atoms with Gasteiger partial charge in [0.1, 0.15) is 11.6 Å². The minimum atomic E-state index is -0.268. The predicted octanol–water partition coefficient (Wildman–Crippen LogP) is 3.30. The van der Waals surface area contributed by atoms with E-state index in [1.807, 2.05) is 12.1 Å². The Kier molecular flexibility index (Phi) is 4.50. The van der Waals surface area contributed by atoms with Crippen molar-refractivity contribution in [3.8, 4) is 5.75 Å². The van der Waals surface area contributed by atoms with Crippen molar-refractivity contribution in [2.45, 2.75) is 6.04 Å². The van der Waals surface area contributed by atoms with Crippen LogP contribution in [0.1, 0.15) is 17.2 Å². The molecule has 0 aliphatic carbocycles. The molecular weight excluding hydrogens is 311 g/mol. The Morgan fingerprint density at radius 3 is 2.74 bits per heavy atom. The van der Waals surface area contributed by atoms with Gasteiger partial charge in [0.25, 0.3) is 0 Å². The Morgan fingerprint density at radius 1 is 1.32 bits per heavy atom. The van der Waals surface area contributed by atoms with Gasteiger partial charge in [-0.25, -0.2) is 4.39 Å². The molecule has 1 aromatic carbocycles. The zero-order valence-electron chi connectivity index (χ0n) is 10.7. The number of nitrogens with zero attached hydrogens (tertiary/aromatic N) is 1. The first kappa shape index (κ1) is 14.0. The van der Waals surface area contributed by atoms with Gasteiger partial charge in [-0.3, -0.25) is 4.98 Å². The fraction of sp³-hybridized carbons (Fsp3) is 0.214. The van der Waals surface area contributed by atoms with Gasteiger partial charge in [0.15, 0.2) is 0 Å². The minimum Gasteiger partial charge on any atom is -0.495 e. The van der Waals surface area contributed by atoms with Crippen LogP contribution in [0.25, 0.3) is 0 Å². The molecule has 0 fully saturated rings. The van der Waals surface area contributed by atoms with Crippen LogP contribution in [0.15, 0.2) is 41.1 Å². The third-order valence-corrected chi connectivity index (χ3v) is 3.36. The molecule has 5 heteroatoms. The van der Waals surface area contributed by atoms with E-state index in [-0.39, 0.29) is 11.9 Å². The van der Waals surface area contributed by atoms with E-state index in [1.54, 1.807) is 32.6 Å². The van der Waals surface area contributed by atoms with Crippen LogP contribution in [0.2, 0.25) is 0 Å². The van der Waals surface area contributed by atoms with Gasteiger partial charge < -0.3 is 10.1 Å². The van der Waals surface area contributed by atoms with Crippen molar-refractivity contribution in [3.05, 3.63) is 58.1 Å². The van der Waals surface area contributed by atoms with E-state index in [1.165, 1.54) is 6.07 Å². The maximum Gasteiger partial charge on any atom is 0.137 e. The summed E-state index contributed by atoms with van der Waals surface area (Å²) in [5.41, 5.74) is 1.42. The third-order valence-electron chi connectivity index (χ3n) is 2.87. The van der Waals surface area contributed by atoms with E-state index in [0.29, 0.717) is 15.8 Å². The average Bonchev–Trinajstić information content (AvgIpc) is 2.42. The van der Waals surface area contributed by atoms with Crippen molar-refractivity contribution in [2.24, 2.45) is 0 Å². The van der Waals surface area contributed by atoms with Crippen LogP contribution in [0.5, 0.6) is 5.75 Å². The van der Waals surface area contributed by atoms with Crippen molar-refractivity contribution in [1.29, 1.82) is 0 Å². The largest absolute Gasteiger partial charge is 0.495 e. The van der Waals surface area contributed by atoms with Crippen molar-refractivity contribution in [1.82, 2.24) is 10.3 Å². The summed E-state index contributed by atoms with van der Waals surface area (Å²) in [6, 6.07) is 6.59. The highest BCUT2D eigenvalue weighted by Gasteiger charge is 2.17. The first-order valence-corrected chi connectivity index (χ1v) is 6.56. The highest BCUT2D eigenvalue weighted by atomic mass is 79.9. The number of nitrogens with one attached hydrogen (secondary N) is 1. The molecule has 0 saturated carbocycles. The van der Waals surface area contributed by atoms with E-state index < -0.39 is 0 Å². The topological polar surface area (TPSA) is 34.2 Å². The molecule has 0 saturated heterocycles. The Balaban J connectivity index is 2.43. The fourth-order valence-electron chi connectivity index (χ4n) is 1.94. The van der Waals surface area contributed by atoms with Crippen LogP contribution in [-0.4, -0.2) is 19.1 Å². The molecule has 0 amide bonds. The molecule has 1 N–H and O–H groups in total. The van der Waals surface area contributed by atoms with E-state index in [0.717, 1.165) is 5.56 Å². The quantitative estimate of drug-likeness (QED) is 0.937. The highest BCUT2D eigenvalue weighted by molar-refractivity contribution is 9.10. The normalized spacial score (nSPS) is 12.2. The summed E-state index contributed by atoms with van der Waals surface area (Å²) in [4.78, 5) is 4.10. The summed E-state index contributed by atoms with van der Waals surface area (Å²) in [7, 11) is 3.36. The van der Waals surface area contributed by atoms with Gasteiger partial charge >= 0.3 is 0 Å². The number of aromatic nitrogens is 1. The SMILES string of the molecule is CNC(c1cncc(OC)c1)c1ccc(Br)cc1F. The summed E-state index contributed by atoms with van der Waals surface area (Å²) >= 11 is 3.25. The van der Waals surface area contributed by atoms with Gasteiger partial charge in [0.05, 0.1) is 19.3 Å². The highest BCUT2D eigenvalue weighted by Crippen LogP contribution is 2.27. The molecule has 0 radical (unpaired) electrons. The molecule has 1 atom stereocenters. The van der Waals surface area contributed by atoms with Crippen molar-refractivity contribution in [3.63, 3.8) is 0 Å². The monoisotopic (exact) mass is 324 g/mol. The third kappa shape index (κ3) is 3.11. The molecule has 1 heterocycles. The van der Waals surface area contributed by atoms with Gasteiger partial charge in [-0.2, -0.15) is 0 Å². The first-order chi connectivity index (χ1) is 9.15. The second-order valence-electron chi connectivity index (χ2n) is 4.05. The van der Waals surface area contributed by atoms with E-state index in [2.05, 4.69) is 26.2 Å². The Labute approximate surface area is 119 Å². The molecular formula is C14H14BrFN2O. The maximum atomic E-state index is 14.0. The maximum absolute atomic E-state index is 14.0. The Hall–Kier alpha value is -1.46. The lowest BCUT2D eigenvalue weighted by atomic mass is 10.00. The number of hydrogen-bond acceptors (Lipinski definition) is 3. The predicted molar refractivity (Wildman–Crippen MR) is 75.8 cm³/mol. The summed E-state index contributed by atoms with van der Waals surface area (Å²) in [6.07, 6.45) is 3.32. The van der Waals surface area contributed by atoms with Crippen LogP contribution in [0, 0.1) is 5.82 Å². The lowest BCUT2D eigenvalue weighted by Gasteiger charge is -2.18. The van der Waals surface area contributed by atoms with E-state index >= 15 is 0 Å².